The van der Waals surface area contributed by atoms with E-state index in [0.717, 1.165) is 53.1 Å². The normalized spacial score (nSPS) is 14.7. The number of aryl methyl sites for hydroxylation is 2. The molecule has 0 aliphatic heterocycles. The molecule has 3 aromatic carbocycles. The molecule has 0 aromatic heterocycles. The molecule has 4 rings (SSSR count). The molecule has 1 unspecified atom stereocenters. The maximum atomic E-state index is 14.2. The first-order valence-electron chi connectivity index (χ1n) is 14.5. The van der Waals surface area contributed by atoms with Gasteiger partial charge in [0.25, 0.3) is 10.0 Å². The zero-order valence-corrected chi connectivity index (χ0v) is 26.3. The minimum atomic E-state index is -4.16. The van der Waals surface area contributed by atoms with Gasteiger partial charge in [-0.2, -0.15) is 0 Å². The molecule has 0 bridgehead atoms. The summed E-state index contributed by atoms with van der Waals surface area (Å²) in [5.74, 6) is -0.730. The second-order valence-electron chi connectivity index (χ2n) is 11.2. The van der Waals surface area contributed by atoms with Crippen LogP contribution in [0, 0.1) is 20.8 Å². The van der Waals surface area contributed by atoms with Gasteiger partial charge < -0.3 is 10.2 Å². The Morgan fingerprint density at radius 2 is 1.50 bits per heavy atom. The molecule has 1 N–H and O–H groups in total. The Morgan fingerprint density at radius 1 is 0.905 bits per heavy atom. The van der Waals surface area contributed by atoms with Crippen molar-refractivity contribution in [1.29, 1.82) is 0 Å². The molecule has 1 fully saturated rings. The first-order valence-corrected chi connectivity index (χ1v) is 16.3. The fraction of sp³-hybridized carbons (Fsp3) is 0.394. The standard InChI is InChI=1S/C33H40ClN3O4S/c1-23-13-17-27(18-14-23)21-36(26(4)33(39)35-28-9-6-5-7-10-28)32(38)22-37(31-12-8-11-30(34)25(31)3)42(40,41)29-19-15-24(2)16-20-29/h8,11-20,26,28H,5-7,9-10,21-22H2,1-4H3,(H,35,39). The van der Waals surface area contributed by atoms with Crippen molar-refractivity contribution >= 4 is 39.1 Å². The van der Waals surface area contributed by atoms with Crippen LogP contribution in [0.15, 0.2) is 71.6 Å². The van der Waals surface area contributed by atoms with Crippen LogP contribution in [0.5, 0.6) is 0 Å². The van der Waals surface area contributed by atoms with Gasteiger partial charge in [-0.1, -0.05) is 84.5 Å². The maximum Gasteiger partial charge on any atom is 0.264 e. The number of amides is 2. The van der Waals surface area contributed by atoms with Gasteiger partial charge in [0.15, 0.2) is 0 Å². The van der Waals surface area contributed by atoms with Gasteiger partial charge in [0.05, 0.1) is 10.6 Å². The topological polar surface area (TPSA) is 86.8 Å². The van der Waals surface area contributed by atoms with Crippen LogP contribution in [0.2, 0.25) is 5.02 Å². The van der Waals surface area contributed by atoms with E-state index in [1.165, 1.54) is 17.0 Å². The van der Waals surface area contributed by atoms with Crippen molar-refractivity contribution in [2.24, 2.45) is 0 Å². The molecule has 7 nitrogen and oxygen atoms in total. The third-order valence-corrected chi connectivity index (χ3v) is 10.2. The smallest absolute Gasteiger partial charge is 0.264 e. The Bertz CT molecular complexity index is 1500. The van der Waals surface area contributed by atoms with Gasteiger partial charge in [-0.25, -0.2) is 8.42 Å². The molecule has 1 aliphatic carbocycles. The predicted octanol–water partition coefficient (Wildman–Crippen LogP) is 6.33. The molecule has 1 aliphatic rings. The zero-order valence-electron chi connectivity index (χ0n) is 24.8. The summed E-state index contributed by atoms with van der Waals surface area (Å²) in [7, 11) is -4.16. The Hall–Kier alpha value is -3.36. The molecule has 0 spiro atoms. The average molecular weight is 610 g/mol. The Labute approximate surface area is 254 Å². The number of nitrogens with one attached hydrogen (secondary N) is 1. The predicted molar refractivity (Wildman–Crippen MR) is 168 cm³/mol. The van der Waals surface area contributed by atoms with E-state index in [0.29, 0.717) is 16.3 Å². The highest BCUT2D eigenvalue weighted by Crippen LogP contribution is 2.31. The second-order valence-corrected chi connectivity index (χ2v) is 13.5. The average Bonchev–Trinajstić information content (AvgIpc) is 2.97. The lowest BCUT2D eigenvalue weighted by Crippen LogP contribution is -2.53. The molecule has 0 saturated heterocycles. The summed E-state index contributed by atoms with van der Waals surface area (Å²) in [5, 5.41) is 3.52. The van der Waals surface area contributed by atoms with Crippen LogP contribution in [-0.2, 0) is 26.2 Å². The fourth-order valence-corrected chi connectivity index (χ4v) is 6.90. The van der Waals surface area contributed by atoms with E-state index in [1.54, 1.807) is 44.2 Å². The number of rotatable bonds is 10. The third kappa shape index (κ3) is 7.53. The minimum Gasteiger partial charge on any atom is -0.352 e. The van der Waals surface area contributed by atoms with Crippen molar-refractivity contribution in [2.45, 2.75) is 83.3 Å². The van der Waals surface area contributed by atoms with Gasteiger partial charge >= 0.3 is 0 Å². The molecular formula is C33H40ClN3O4S. The quantitative estimate of drug-likeness (QED) is 0.291. The summed E-state index contributed by atoms with van der Waals surface area (Å²) in [5.41, 5.74) is 3.68. The number of sulfonamides is 1. The molecule has 0 radical (unpaired) electrons. The van der Waals surface area contributed by atoms with Crippen molar-refractivity contribution in [3.63, 3.8) is 0 Å². The minimum absolute atomic E-state index is 0.0634. The first-order chi connectivity index (χ1) is 20.0. The van der Waals surface area contributed by atoms with Gasteiger partial charge in [0.2, 0.25) is 11.8 Å². The van der Waals surface area contributed by atoms with Crippen molar-refractivity contribution in [3.8, 4) is 0 Å². The number of carbonyl (C=O) groups is 2. The highest BCUT2D eigenvalue weighted by molar-refractivity contribution is 7.92. The summed E-state index contributed by atoms with van der Waals surface area (Å²) >= 11 is 6.41. The number of carbonyl (C=O) groups excluding carboxylic acids is 2. The van der Waals surface area contributed by atoms with E-state index in [-0.39, 0.29) is 23.4 Å². The molecule has 0 heterocycles. The number of anilines is 1. The Morgan fingerprint density at radius 3 is 2.12 bits per heavy atom. The summed E-state index contributed by atoms with van der Waals surface area (Å²) in [6, 6.07) is 18.5. The SMILES string of the molecule is Cc1ccc(CN(C(=O)CN(c2cccc(Cl)c2C)S(=O)(=O)c2ccc(C)cc2)C(C)C(=O)NC2CCCCC2)cc1. The van der Waals surface area contributed by atoms with E-state index in [2.05, 4.69) is 5.32 Å². The van der Waals surface area contributed by atoms with Gasteiger partial charge in [0, 0.05) is 17.6 Å². The molecule has 224 valence electrons. The second kappa shape index (κ2) is 13.7. The lowest BCUT2D eigenvalue weighted by Gasteiger charge is -2.33. The molecule has 1 atom stereocenters. The third-order valence-electron chi connectivity index (χ3n) is 7.99. The van der Waals surface area contributed by atoms with Crippen LogP contribution in [0.3, 0.4) is 0 Å². The summed E-state index contributed by atoms with van der Waals surface area (Å²) in [6.45, 7) is 6.95. The molecule has 9 heteroatoms. The van der Waals surface area contributed by atoms with E-state index in [9.17, 15) is 18.0 Å². The van der Waals surface area contributed by atoms with Gasteiger partial charge in [-0.05, 0) is 75.9 Å². The van der Waals surface area contributed by atoms with Gasteiger partial charge in [0.1, 0.15) is 12.6 Å². The summed E-state index contributed by atoms with van der Waals surface area (Å²) in [6.07, 6.45) is 5.13. The number of hydrogen-bond acceptors (Lipinski definition) is 4. The number of halogens is 1. The number of benzene rings is 3. The van der Waals surface area contributed by atoms with Crippen LogP contribution in [-0.4, -0.2) is 43.8 Å². The largest absolute Gasteiger partial charge is 0.352 e. The molecule has 3 aromatic rings. The van der Waals surface area contributed by atoms with E-state index < -0.39 is 28.5 Å². The highest BCUT2D eigenvalue weighted by atomic mass is 35.5. The maximum absolute atomic E-state index is 14.2. The van der Waals surface area contributed by atoms with Crippen molar-refractivity contribution < 1.29 is 18.0 Å². The van der Waals surface area contributed by atoms with Crippen LogP contribution in [0.25, 0.3) is 0 Å². The number of nitrogens with zero attached hydrogens (tertiary/aromatic N) is 2. The summed E-state index contributed by atoms with van der Waals surface area (Å²) in [4.78, 5) is 29.2. The Balaban J connectivity index is 1.70. The van der Waals surface area contributed by atoms with Crippen LogP contribution in [0.1, 0.15) is 61.3 Å². The van der Waals surface area contributed by atoms with E-state index in [4.69, 9.17) is 11.6 Å². The first kappa shape index (κ1) is 31.6. The molecule has 2 amide bonds. The lowest BCUT2D eigenvalue weighted by molar-refractivity contribution is -0.139. The summed E-state index contributed by atoms with van der Waals surface area (Å²) < 4.78 is 29.2. The molecule has 1 saturated carbocycles. The van der Waals surface area contributed by atoms with E-state index in [1.807, 2.05) is 38.1 Å². The number of hydrogen-bond donors (Lipinski definition) is 1. The van der Waals surface area contributed by atoms with Crippen LogP contribution >= 0.6 is 11.6 Å². The Kier molecular flexibility index (Phi) is 10.3. The highest BCUT2D eigenvalue weighted by Gasteiger charge is 2.34. The molecular weight excluding hydrogens is 570 g/mol. The lowest BCUT2D eigenvalue weighted by atomic mass is 9.95. The van der Waals surface area contributed by atoms with Crippen LogP contribution < -0.4 is 9.62 Å². The monoisotopic (exact) mass is 609 g/mol. The van der Waals surface area contributed by atoms with E-state index >= 15 is 0 Å². The van der Waals surface area contributed by atoms with Crippen molar-refractivity contribution in [3.05, 3.63) is 94.0 Å². The van der Waals surface area contributed by atoms with Crippen molar-refractivity contribution in [1.82, 2.24) is 10.2 Å². The molecule has 42 heavy (non-hydrogen) atoms. The van der Waals surface area contributed by atoms with Crippen LogP contribution in [0.4, 0.5) is 5.69 Å². The van der Waals surface area contributed by atoms with Gasteiger partial charge in [-0.3, -0.25) is 13.9 Å². The van der Waals surface area contributed by atoms with Crippen molar-refractivity contribution in [2.75, 3.05) is 10.8 Å². The zero-order chi connectivity index (χ0) is 30.4. The fourth-order valence-electron chi connectivity index (χ4n) is 5.26. The van der Waals surface area contributed by atoms with Gasteiger partial charge in [-0.15, -0.1) is 0 Å².